The zero-order valence-electron chi connectivity index (χ0n) is 1.71. The van der Waals surface area contributed by atoms with Crippen LogP contribution < -0.4 is 0 Å². The maximum atomic E-state index is 8.11. The summed E-state index contributed by atoms with van der Waals surface area (Å²) in [6.45, 7) is 0. The summed E-state index contributed by atoms with van der Waals surface area (Å²) in [6, 6.07) is 0. The molecule has 2 radical (unpaired) electrons. The van der Waals surface area contributed by atoms with Gasteiger partial charge in [0, 0.05) is 17.1 Å². The second kappa shape index (κ2) is 12.7. The molecule has 0 aliphatic rings. The van der Waals surface area contributed by atoms with Gasteiger partial charge in [0.05, 0.1) is 0 Å². The van der Waals surface area contributed by atoms with Gasteiger partial charge in [0.1, 0.15) is 0 Å². The van der Waals surface area contributed by atoms with E-state index in [2.05, 4.69) is 0 Å². The maximum Gasteiger partial charge on any atom is 0.152 e. The molecule has 0 bridgehead atoms. The molecule has 0 atom stereocenters. The van der Waals surface area contributed by atoms with Crippen LogP contribution >= 0.6 is 0 Å². The van der Waals surface area contributed by atoms with Crippen LogP contribution in [-0.4, -0.2) is 22.3 Å². The fourth-order valence-electron chi connectivity index (χ4n) is 0. The second-order valence-electron chi connectivity index (χ2n) is 0.0816. The van der Waals surface area contributed by atoms with E-state index in [1.165, 1.54) is 5.34 Å². The van der Waals surface area contributed by atoms with Crippen molar-refractivity contribution in [1.29, 1.82) is 0 Å². The molecular weight excluding hydrogens is 125 g/mol. The molecule has 0 saturated carbocycles. The molecule has 3 nitrogen and oxygen atoms in total. The summed E-state index contributed by atoms with van der Waals surface area (Å²) >= 11 is 0. The van der Waals surface area contributed by atoms with E-state index >= 15 is 0 Å². The predicted molar refractivity (Wildman–Crippen MR) is 13.3 cm³/mol. The Morgan fingerprint density at radius 1 is 1.75 bits per heavy atom. The normalized spacial score (nSPS) is 3.00. The molecule has 0 heterocycles. The summed E-state index contributed by atoms with van der Waals surface area (Å²) < 4.78 is 0. The van der Waals surface area contributed by atoms with Gasteiger partial charge < -0.3 is 5.21 Å². The third kappa shape index (κ3) is 250. The molecular formula is HNO2Se. The smallest absolute Gasteiger partial charge is 0.152 e. The molecule has 24 valence electrons. The summed E-state index contributed by atoms with van der Waals surface area (Å²) in [6.07, 6.45) is 0. The minimum absolute atomic E-state index is 0. The number of rotatable bonds is 0. The van der Waals surface area contributed by atoms with Crippen molar-refractivity contribution in [2.75, 3.05) is 0 Å². The first kappa shape index (κ1) is 9.07. The summed E-state index contributed by atoms with van der Waals surface area (Å²) in [5.41, 5.74) is 0. The molecule has 0 amide bonds. The Hall–Kier alpha value is -0.0805. The summed E-state index contributed by atoms with van der Waals surface area (Å²) in [7, 11) is 0. The van der Waals surface area contributed by atoms with Crippen LogP contribution in [0.25, 0.3) is 0 Å². The van der Waals surface area contributed by atoms with Crippen molar-refractivity contribution in [2.24, 2.45) is 5.34 Å². The maximum absolute atomic E-state index is 8.11. The fourth-order valence-corrected chi connectivity index (χ4v) is 0. The molecule has 0 aliphatic heterocycles. The van der Waals surface area contributed by atoms with Gasteiger partial charge in [-0.3, -0.25) is 0 Å². The van der Waals surface area contributed by atoms with Crippen LogP contribution in [-0.2, 0) is 0 Å². The summed E-state index contributed by atoms with van der Waals surface area (Å²) in [5, 5.41) is 7.89. The molecule has 0 aromatic carbocycles. The molecule has 1 N–H and O–H groups in total. The summed E-state index contributed by atoms with van der Waals surface area (Å²) in [5.74, 6) is 0. The van der Waals surface area contributed by atoms with E-state index in [0.29, 0.717) is 0 Å². The molecule has 4 heteroatoms. The first-order valence-corrected chi connectivity index (χ1v) is 0.383. The minimum atomic E-state index is 0. The Balaban J connectivity index is 0. The molecule has 0 rings (SSSR count). The van der Waals surface area contributed by atoms with E-state index < -0.39 is 0 Å². The second-order valence-corrected chi connectivity index (χ2v) is 0.0816. The summed E-state index contributed by atoms with van der Waals surface area (Å²) in [4.78, 5) is 8.11. The molecule has 0 spiro atoms. The Morgan fingerprint density at radius 3 is 1.75 bits per heavy atom. The van der Waals surface area contributed by atoms with Gasteiger partial charge >= 0.3 is 0 Å². The van der Waals surface area contributed by atoms with Gasteiger partial charge in [-0.25, -0.2) is 0 Å². The predicted octanol–water partition coefficient (Wildman–Crippen LogP) is -0.239. The van der Waals surface area contributed by atoms with Crippen LogP contribution in [0.15, 0.2) is 5.34 Å². The third-order valence-corrected chi connectivity index (χ3v) is 0. The van der Waals surface area contributed by atoms with E-state index in [0.717, 1.165) is 0 Å². The first-order valence-electron chi connectivity index (χ1n) is 0.383. The topological polar surface area (TPSA) is 49.7 Å². The quantitative estimate of drug-likeness (QED) is 0.276. The Kier molecular flexibility index (Phi) is 28.8. The Morgan fingerprint density at radius 2 is 1.75 bits per heavy atom. The molecule has 0 aromatic rings. The van der Waals surface area contributed by atoms with Gasteiger partial charge in [-0.15, -0.1) is 4.91 Å². The average Bonchev–Trinajstić information content (AvgIpc) is 0.918. The van der Waals surface area contributed by atoms with Crippen molar-refractivity contribution >= 4 is 17.1 Å². The van der Waals surface area contributed by atoms with E-state index in [1.54, 1.807) is 0 Å². The largest absolute Gasteiger partial charge is 0.379 e. The van der Waals surface area contributed by atoms with Gasteiger partial charge in [0.25, 0.3) is 0 Å². The van der Waals surface area contributed by atoms with Crippen molar-refractivity contribution in [3.05, 3.63) is 4.91 Å². The fraction of sp³-hybridized carbons (Fsp3) is 0. The van der Waals surface area contributed by atoms with Gasteiger partial charge in [-0.1, -0.05) is 0 Å². The van der Waals surface area contributed by atoms with Crippen molar-refractivity contribution in [3.63, 3.8) is 0 Å². The zero-order valence-corrected chi connectivity index (χ0v) is 3.42. The van der Waals surface area contributed by atoms with Crippen LogP contribution in [0, 0.1) is 4.91 Å². The van der Waals surface area contributed by atoms with Gasteiger partial charge in [-0.05, 0) is 0 Å². The van der Waals surface area contributed by atoms with Crippen LogP contribution in [0.4, 0.5) is 0 Å². The first-order chi connectivity index (χ1) is 1.41. The molecule has 0 fully saturated rings. The number of nitrogens with zero attached hydrogens (tertiary/aromatic N) is 1. The van der Waals surface area contributed by atoms with Crippen LogP contribution in [0.3, 0.4) is 0 Å². The Bertz CT molecular complexity index is 13.5. The van der Waals surface area contributed by atoms with Crippen molar-refractivity contribution in [1.82, 2.24) is 0 Å². The van der Waals surface area contributed by atoms with E-state index in [1.807, 2.05) is 0 Å². The molecule has 0 saturated heterocycles. The number of hydrogen-bond donors (Lipinski definition) is 1. The molecule has 4 heavy (non-hydrogen) atoms. The minimum Gasteiger partial charge on any atom is -0.379 e. The van der Waals surface area contributed by atoms with Gasteiger partial charge in [0.15, 0.2) is 5.34 Å². The standard InChI is InChI=1S/HNO2.Se/c2-1-3;/h(H,2,3);. The van der Waals surface area contributed by atoms with Crippen molar-refractivity contribution in [2.45, 2.75) is 0 Å². The molecule has 0 aliphatic carbocycles. The monoisotopic (exact) mass is 127 g/mol. The van der Waals surface area contributed by atoms with Gasteiger partial charge in [-0.2, -0.15) is 0 Å². The van der Waals surface area contributed by atoms with Gasteiger partial charge in [0.2, 0.25) is 0 Å². The number of hydrogen-bond acceptors (Lipinski definition) is 2. The Labute approximate surface area is 33.4 Å². The van der Waals surface area contributed by atoms with Crippen LogP contribution in [0.2, 0.25) is 0 Å². The molecule has 0 aromatic heterocycles. The van der Waals surface area contributed by atoms with Crippen LogP contribution in [0.1, 0.15) is 0 Å². The zero-order chi connectivity index (χ0) is 2.71. The third-order valence-electron chi connectivity index (χ3n) is 0. The van der Waals surface area contributed by atoms with E-state index in [-0.39, 0.29) is 17.1 Å². The molecule has 0 unspecified atom stereocenters. The van der Waals surface area contributed by atoms with E-state index in [9.17, 15) is 0 Å². The van der Waals surface area contributed by atoms with Crippen molar-refractivity contribution < 1.29 is 5.21 Å². The van der Waals surface area contributed by atoms with Crippen LogP contribution in [0.5, 0.6) is 0 Å². The SMILES string of the molecule is O=NO.[Se]. The van der Waals surface area contributed by atoms with E-state index in [4.69, 9.17) is 10.1 Å². The average molecular weight is 126 g/mol. The van der Waals surface area contributed by atoms with Crippen molar-refractivity contribution in [3.8, 4) is 0 Å².